The molecule has 0 aliphatic carbocycles. The van der Waals surface area contributed by atoms with Crippen LogP contribution in [0.4, 0.5) is 0 Å². The van der Waals surface area contributed by atoms with E-state index in [0.29, 0.717) is 13.0 Å². The molecule has 0 aromatic heterocycles. The van der Waals surface area contributed by atoms with Crippen molar-refractivity contribution in [2.24, 2.45) is 0 Å². The second-order valence-electron chi connectivity index (χ2n) is 4.77. The van der Waals surface area contributed by atoms with Crippen molar-refractivity contribution in [3.8, 4) is 5.75 Å². The molecule has 1 amide bonds. The van der Waals surface area contributed by atoms with Gasteiger partial charge in [-0.1, -0.05) is 24.6 Å². The topological polar surface area (TPSA) is 64.6 Å². The third-order valence-corrected chi connectivity index (χ3v) is 3.01. The van der Waals surface area contributed by atoms with Crippen LogP contribution >= 0.6 is 0 Å². The first kappa shape index (κ1) is 17.0. The minimum absolute atomic E-state index is 0.0220. The Morgan fingerprint density at radius 2 is 1.90 bits per heavy atom. The molecule has 0 aliphatic rings. The van der Waals surface area contributed by atoms with Gasteiger partial charge in [-0.25, -0.2) is 0 Å². The Labute approximate surface area is 125 Å². The lowest BCUT2D eigenvalue weighted by atomic mass is 10.2. The average molecular weight is 293 g/mol. The summed E-state index contributed by atoms with van der Waals surface area (Å²) in [7, 11) is 1.59. The third-order valence-electron chi connectivity index (χ3n) is 3.01. The van der Waals surface area contributed by atoms with E-state index >= 15 is 0 Å². The lowest BCUT2D eigenvalue weighted by Gasteiger charge is -2.09. The van der Waals surface area contributed by atoms with E-state index in [4.69, 9.17) is 9.47 Å². The Morgan fingerprint density at radius 1 is 1.14 bits per heavy atom. The van der Waals surface area contributed by atoms with Crippen LogP contribution in [0.15, 0.2) is 24.3 Å². The molecule has 1 aromatic rings. The van der Waals surface area contributed by atoms with Crippen LogP contribution in [-0.2, 0) is 20.9 Å². The summed E-state index contributed by atoms with van der Waals surface area (Å²) in [6, 6.07) is 7.47. The second-order valence-corrected chi connectivity index (χ2v) is 4.77. The molecular weight excluding hydrogens is 270 g/mol. The highest BCUT2D eigenvalue weighted by Crippen LogP contribution is 2.18. The molecule has 1 N–H and O–H groups in total. The van der Waals surface area contributed by atoms with Gasteiger partial charge in [0.25, 0.3) is 0 Å². The molecule has 1 aromatic carbocycles. The van der Waals surface area contributed by atoms with Crippen molar-refractivity contribution in [3.05, 3.63) is 29.8 Å². The highest BCUT2D eigenvalue weighted by atomic mass is 16.5. The zero-order chi connectivity index (χ0) is 15.5. The first-order valence-electron chi connectivity index (χ1n) is 7.15. The lowest BCUT2D eigenvalue weighted by molar-refractivity contribution is -0.145. The fourth-order valence-electron chi connectivity index (χ4n) is 1.89. The molecule has 0 bridgehead atoms. The van der Waals surface area contributed by atoms with E-state index in [1.807, 2.05) is 24.3 Å². The molecule has 0 aliphatic heterocycles. The van der Waals surface area contributed by atoms with E-state index in [1.54, 1.807) is 7.11 Å². The minimum atomic E-state index is -0.208. The molecule has 0 saturated heterocycles. The van der Waals surface area contributed by atoms with Gasteiger partial charge in [-0.3, -0.25) is 9.59 Å². The van der Waals surface area contributed by atoms with Crippen LogP contribution in [-0.4, -0.2) is 25.5 Å². The van der Waals surface area contributed by atoms with Crippen molar-refractivity contribution >= 4 is 11.9 Å². The average Bonchev–Trinajstić information content (AvgIpc) is 2.48. The van der Waals surface area contributed by atoms with Gasteiger partial charge in [0.1, 0.15) is 12.4 Å². The van der Waals surface area contributed by atoms with Crippen molar-refractivity contribution in [2.45, 2.75) is 39.2 Å². The molecule has 0 fully saturated rings. The first-order valence-corrected chi connectivity index (χ1v) is 7.15. The maximum absolute atomic E-state index is 11.6. The van der Waals surface area contributed by atoms with Crippen LogP contribution in [0.2, 0.25) is 0 Å². The summed E-state index contributed by atoms with van der Waals surface area (Å²) < 4.78 is 10.4. The monoisotopic (exact) mass is 293 g/mol. The number of unbranched alkanes of at least 4 members (excludes halogenated alkanes) is 2. The lowest BCUT2D eigenvalue weighted by Crippen LogP contribution is -2.20. The molecular formula is C16H23NO4. The van der Waals surface area contributed by atoms with Crippen LogP contribution < -0.4 is 10.1 Å². The van der Waals surface area contributed by atoms with Crippen molar-refractivity contribution in [2.75, 3.05) is 13.7 Å². The predicted octanol–water partition coefficient (Wildman–Crippen LogP) is 2.43. The van der Waals surface area contributed by atoms with Crippen LogP contribution in [0.5, 0.6) is 5.75 Å². The maximum Gasteiger partial charge on any atom is 0.306 e. The van der Waals surface area contributed by atoms with Crippen molar-refractivity contribution in [1.82, 2.24) is 5.32 Å². The van der Waals surface area contributed by atoms with Crippen LogP contribution in [0.3, 0.4) is 0 Å². The van der Waals surface area contributed by atoms with Gasteiger partial charge in [-0.05, 0) is 18.9 Å². The molecule has 0 radical (unpaired) electrons. The van der Waals surface area contributed by atoms with E-state index in [1.165, 1.54) is 6.92 Å². The molecule has 116 valence electrons. The molecule has 21 heavy (non-hydrogen) atoms. The number of carbonyl (C=O) groups is 2. The fraction of sp³-hybridized carbons (Fsp3) is 0.500. The normalized spacial score (nSPS) is 10.0. The number of nitrogens with one attached hydrogen (secondary N) is 1. The van der Waals surface area contributed by atoms with Gasteiger partial charge in [-0.15, -0.1) is 0 Å². The number of esters is 1. The van der Waals surface area contributed by atoms with Gasteiger partial charge in [0.2, 0.25) is 5.91 Å². The zero-order valence-electron chi connectivity index (χ0n) is 12.7. The number of hydrogen-bond acceptors (Lipinski definition) is 4. The van der Waals surface area contributed by atoms with Crippen molar-refractivity contribution < 1.29 is 19.1 Å². The summed E-state index contributed by atoms with van der Waals surface area (Å²) in [4.78, 5) is 22.3. The predicted molar refractivity (Wildman–Crippen MR) is 79.9 cm³/mol. The number of amides is 1. The highest BCUT2D eigenvalue weighted by molar-refractivity contribution is 5.72. The Balaban J connectivity index is 2.15. The number of rotatable bonds is 9. The summed E-state index contributed by atoms with van der Waals surface area (Å²) in [5.41, 5.74) is 0.860. The summed E-state index contributed by atoms with van der Waals surface area (Å²) in [6.45, 7) is 2.38. The third kappa shape index (κ3) is 7.34. The van der Waals surface area contributed by atoms with Crippen LogP contribution in [0, 0.1) is 0 Å². The molecule has 0 heterocycles. The van der Waals surface area contributed by atoms with E-state index in [-0.39, 0.29) is 18.5 Å². The second kappa shape index (κ2) is 9.80. The van der Waals surface area contributed by atoms with Gasteiger partial charge in [0.15, 0.2) is 0 Å². The van der Waals surface area contributed by atoms with E-state index in [0.717, 1.165) is 30.6 Å². The Hall–Kier alpha value is -2.04. The van der Waals surface area contributed by atoms with Gasteiger partial charge in [0, 0.05) is 25.5 Å². The van der Waals surface area contributed by atoms with Gasteiger partial charge < -0.3 is 14.8 Å². The molecule has 0 spiro atoms. The van der Waals surface area contributed by atoms with Crippen molar-refractivity contribution in [1.29, 1.82) is 0 Å². The number of carbonyl (C=O) groups excluding carboxylic acids is 2. The van der Waals surface area contributed by atoms with Crippen LogP contribution in [0.25, 0.3) is 0 Å². The number of hydrogen-bond donors (Lipinski definition) is 1. The van der Waals surface area contributed by atoms with Gasteiger partial charge in [0.05, 0.1) is 7.11 Å². The minimum Gasteiger partial charge on any atom is -0.496 e. The number of para-hydroxylation sites is 1. The maximum atomic E-state index is 11.6. The molecule has 5 heteroatoms. The van der Waals surface area contributed by atoms with Gasteiger partial charge in [-0.2, -0.15) is 0 Å². The van der Waals surface area contributed by atoms with Crippen LogP contribution in [0.1, 0.15) is 38.2 Å². The Bertz CT molecular complexity index is 459. The Morgan fingerprint density at radius 3 is 2.62 bits per heavy atom. The smallest absolute Gasteiger partial charge is 0.306 e. The summed E-state index contributed by atoms with van der Waals surface area (Å²) >= 11 is 0. The van der Waals surface area contributed by atoms with E-state index < -0.39 is 0 Å². The molecule has 5 nitrogen and oxygen atoms in total. The largest absolute Gasteiger partial charge is 0.496 e. The standard InChI is InChI=1S/C16H23NO4/c1-13(18)17-11-7-3-4-10-16(19)21-12-14-8-5-6-9-15(14)20-2/h5-6,8-9H,3-4,7,10-12H2,1-2H3,(H,17,18). The molecule has 1 rings (SSSR count). The first-order chi connectivity index (χ1) is 10.1. The van der Waals surface area contributed by atoms with E-state index in [9.17, 15) is 9.59 Å². The SMILES string of the molecule is COc1ccccc1COC(=O)CCCCCNC(C)=O. The Kier molecular flexibility index (Phi) is 7.94. The number of benzene rings is 1. The van der Waals surface area contributed by atoms with E-state index in [2.05, 4.69) is 5.32 Å². The fourth-order valence-corrected chi connectivity index (χ4v) is 1.89. The summed E-state index contributed by atoms with van der Waals surface area (Å²) in [6.07, 6.45) is 2.93. The van der Waals surface area contributed by atoms with Crippen molar-refractivity contribution in [3.63, 3.8) is 0 Å². The molecule has 0 saturated carbocycles. The van der Waals surface area contributed by atoms with Gasteiger partial charge >= 0.3 is 5.97 Å². The number of ether oxygens (including phenoxy) is 2. The zero-order valence-corrected chi connectivity index (χ0v) is 12.7. The highest BCUT2D eigenvalue weighted by Gasteiger charge is 2.06. The molecule has 0 unspecified atom stereocenters. The summed E-state index contributed by atoms with van der Waals surface area (Å²) in [5, 5.41) is 2.72. The quantitative estimate of drug-likeness (QED) is 0.561. The number of methoxy groups -OCH3 is 1. The summed E-state index contributed by atoms with van der Waals surface area (Å²) in [5.74, 6) is 0.493. The molecule has 0 atom stereocenters.